The molecule has 62 valence electrons. The molecule has 1 N–H and O–H groups in total. The van der Waals surface area contributed by atoms with Gasteiger partial charge in [-0.2, -0.15) is 0 Å². The Labute approximate surface area is 68.9 Å². The lowest BCUT2D eigenvalue weighted by Gasteiger charge is -2.37. The van der Waals surface area contributed by atoms with Gasteiger partial charge >= 0.3 is 0 Å². The zero-order valence-electron chi connectivity index (χ0n) is 7.22. The minimum Gasteiger partial charge on any atom is -0.319 e. The molecule has 3 aliphatic carbocycles. The summed E-state index contributed by atoms with van der Waals surface area (Å²) >= 11 is 0. The fourth-order valence-corrected chi connectivity index (χ4v) is 2.55. The molecule has 1 nitrogen and oxygen atoms in total. The molecule has 0 heterocycles. The van der Waals surface area contributed by atoms with E-state index in [1.165, 1.54) is 25.8 Å². The smallest absolute Gasteiger partial charge is 0.00177 e. The largest absolute Gasteiger partial charge is 0.319 e. The maximum Gasteiger partial charge on any atom is -0.00177 e. The standard InChI is InChI=1S/C10H17N/c1-11-7-10-6-8-2-4-9(10)5-3-8/h2,4,8-11H,3,5-7H2,1H3. The predicted octanol–water partition coefficient (Wildman–Crippen LogP) is 1.81. The molecule has 0 amide bonds. The molecular weight excluding hydrogens is 134 g/mol. The Morgan fingerprint density at radius 1 is 1.36 bits per heavy atom. The van der Waals surface area contributed by atoms with E-state index in [1.807, 2.05) is 0 Å². The van der Waals surface area contributed by atoms with Crippen LogP contribution in [-0.2, 0) is 0 Å². The van der Waals surface area contributed by atoms with Crippen LogP contribution in [-0.4, -0.2) is 13.6 Å². The van der Waals surface area contributed by atoms with Crippen LogP contribution in [0.1, 0.15) is 19.3 Å². The highest BCUT2D eigenvalue weighted by molar-refractivity contribution is 5.06. The highest BCUT2D eigenvalue weighted by Gasteiger charge is 2.30. The summed E-state index contributed by atoms with van der Waals surface area (Å²) in [5.41, 5.74) is 0. The Morgan fingerprint density at radius 3 is 2.73 bits per heavy atom. The zero-order valence-corrected chi connectivity index (χ0v) is 7.22. The van der Waals surface area contributed by atoms with Gasteiger partial charge in [0.15, 0.2) is 0 Å². The summed E-state index contributed by atoms with van der Waals surface area (Å²) in [6.45, 7) is 1.21. The maximum absolute atomic E-state index is 3.29. The lowest BCUT2D eigenvalue weighted by molar-refractivity contribution is 0.218. The highest BCUT2D eigenvalue weighted by atomic mass is 14.8. The average molecular weight is 151 g/mol. The molecule has 0 saturated heterocycles. The van der Waals surface area contributed by atoms with Gasteiger partial charge < -0.3 is 5.32 Å². The molecule has 3 aliphatic rings. The van der Waals surface area contributed by atoms with Crippen molar-refractivity contribution in [3.8, 4) is 0 Å². The van der Waals surface area contributed by atoms with Crippen molar-refractivity contribution in [3.63, 3.8) is 0 Å². The van der Waals surface area contributed by atoms with Gasteiger partial charge in [0, 0.05) is 0 Å². The highest BCUT2D eigenvalue weighted by Crippen LogP contribution is 2.39. The van der Waals surface area contributed by atoms with Crippen molar-refractivity contribution in [1.82, 2.24) is 5.32 Å². The molecule has 2 bridgehead atoms. The van der Waals surface area contributed by atoms with E-state index in [9.17, 15) is 0 Å². The Morgan fingerprint density at radius 2 is 2.27 bits per heavy atom. The number of fused-ring (bicyclic) bond motifs is 2. The summed E-state index contributed by atoms with van der Waals surface area (Å²) in [6.07, 6.45) is 9.19. The van der Waals surface area contributed by atoms with E-state index in [4.69, 9.17) is 0 Å². The van der Waals surface area contributed by atoms with E-state index in [0.717, 1.165) is 17.8 Å². The second kappa shape index (κ2) is 2.98. The van der Waals surface area contributed by atoms with Gasteiger partial charge in [-0.1, -0.05) is 12.2 Å². The first kappa shape index (κ1) is 7.35. The van der Waals surface area contributed by atoms with Crippen LogP contribution in [0.5, 0.6) is 0 Å². The average Bonchev–Trinajstić information content (AvgIpc) is 2.07. The van der Waals surface area contributed by atoms with E-state index in [1.54, 1.807) is 0 Å². The minimum absolute atomic E-state index is 0.896. The van der Waals surface area contributed by atoms with Gasteiger partial charge in [0.2, 0.25) is 0 Å². The second-order valence-electron chi connectivity index (χ2n) is 3.94. The van der Waals surface area contributed by atoms with Crippen molar-refractivity contribution in [3.05, 3.63) is 12.2 Å². The van der Waals surface area contributed by atoms with Crippen LogP contribution in [0.3, 0.4) is 0 Å². The van der Waals surface area contributed by atoms with Gasteiger partial charge in [-0.25, -0.2) is 0 Å². The molecule has 1 heteroatoms. The van der Waals surface area contributed by atoms with Crippen LogP contribution in [0, 0.1) is 17.8 Å². The summed E-state index contributed by atoms with van der Waals surface area (Å²) in [6, 6.07) is 0. The third kappa shape index (κ3) is 1.34. The van der Waals surface area contributed by atoms with Crippen LogP contribution in [0.2, 0.25) is 0 Å². The van der Waals surface area contributed by atoms with Crippen LogP contribution in [0.25, 0.3) is 0 Å². The van der Waals surface area contributed by atoms with Gasteiger partial charge in [-0.05, 0) is 50.6 Å². The normalized spacial score (nSPS) is 41.4. The van der Waals surface area contributed by atoms with Crippen LogP contribution in [0.15, 0.2) is 12.2 Å². The molecule has 3 unspecified atom stereocenters. The van der Waals surface area contributed by atoms with Crippen molar-refractivity contribution in [1.29, 1.82) is 0 Å². The summed E-state index contributed by atoms with van der Waals surface area (Å²) in [5, 5.41) is 3.29. The third-order valence-electron chi connectivity index (χ3n) is 3.18. The quantitative estimate of drug-likeness (QED) is 0.593. The molecule has 3 atom stereocenters. The first-order valence-electron chi connectivity index (χ1n) is 4.73. The van der Waals surface area contributed by atoms with Gasteiger partial charge in [0.25, 0.3) is 0 Å². The minimum atomic E-state index is 0.896. The Balaban J connectivity index is 2.00. The fraction of sp³-hybridized carbons (Fsp3) is 0.800. The number of hydrogen-bond acceptors (Lipinski definition) is 1. The van der Waals surface area contributed by atoms with Crippen LogP contribution in [0.4, 0.5) is 0 Å². The molecule has 3 rings (SSSR count). The van der Waals surface area contributed by atoms with Crippen molar-refractivity contribution < 1.29 is 0 Å². The van der Waals surface area contributed by atoms with Crippen molar-refractivity contribution in [2.75, 3.05) is 13.6 Å². The zero-order chi connectivity index (χ0) is 7.68. The van der Waals surface area contributed by atoms with Crippen molar-refractivity contribution in [2.45, 2.75) is 19.3 Å². The number of hydrogen-bond donors (Lipinski definition) is 1. The number of allylic oxidation sites excluding steroid dienone is 2. The van der Waals surface area contributed by atoms with Crippen LogP contribution >= 0.6 is 0 Å². The second-order valence-corrected chi connectivity index (χ2v) is 3.94. The Hall–Kier alpha value is -0.300. The number of rotatable bonds is 2. The van der Waals surface area contributed by atoms with Gasteiger partial charge in [-0.15, -0.1) is 0 Å². The van der Waals surface area contributed by atoms with E-state index >= 15 is 0 Å². The molecule has 0 spiro atoms. The molecular formula is C10H17N. The predicted molar refractivity (Wildman–Crippen MR) is 47.4 cm³/mol. The summed E-state index contributed by atoms with van der Waals surface area (Å²) in [4.78, 5) is 0. The topological polar surface area (TPSA) is 12.0 Å². The van der Waals surface area contributed by atoms with E-state index in [0.29, 0.717) is 0 Å². The van der Waals surface area contributed by atoms with Gasteiger partial charge in [0.1, 0.15) is 0 Å². The molecule has 0 aromatic heterocycles. The Bertz CT molecular complexity index is 162. The van der Waals surface area contributed by atoms with E-state index in [2.05, 4.69) is 24.5 Å². The van der Waals surface area contributed by atoms with Gasteiger partial charge in [-0.3, -0.25) is 0 Å². The first-order chi connectivity index (χ1) is 5.40. The summed E-state index contributed by atoms with van der Waals surface area (Å²) in [7, 11) is 2.06. The lowest BCUT2D eigenvalue weighted by atomic mass is 9.69. The molecule has 0 aliphatic heterocycles. The van der Waals surface area contributed by atoms with Crippen molar-refractivity contribution >= 4 is 0 Å². The van der Waals surface area contributed by atoms with Crippen LogP contribution < -0.4 is 5.32 Å². The van der Waals surface area contributed by atoms with Crippen molar-refractivity contribution in [2.24, 2.45) is 17.8 Å². The van der Waals surface area contributed by atoms with E-state index in [-0.39, 0.29) is 0 Å². The SMILES string of the molecule is CNCC1CC2C=CC1CC2. The molecule has 1 saturated carbocycles. The summed E-state index contributed by atoms with van der Waals surface area (Å²) < 4.78 is 0. The molecule has 11 heavy (non-hydrogen) atoms. The molecule has 0 aromatic rings. The molecule has 0 aromatic carbocycles. The molecule has 0 radical (unpaired) electrons. The monoisotopic (exact) mass is 151 g/mol. The fourth-order valence-electron chi connectivity index (χ4n) is 2.55. The number of nitrogens with one attached hydrogen (secondary N) is 1. The Kier molecular flexibility index (Phi) is 1.99. The maximum atomic E-state index is 3.29. The first-order valence-corrected chi connectivity index (χ1v) is 4.73. The van der Waals surface area contributed by atoms with E-state index < -0.39 is 0 Å². The molecule has 1 fully saturated rings. The van der Waals surface area contributed by atoms with Gasteiger partial charge in [0.05, 0.1) is 0 Å². The lowest BCUT2D eigenvalue weighted by Crippen LogP contribution is -2.33. The third-order valence-corrected chi connectivity index (χ3v) is 3.18. The summed E-state index contributed by atoms with van der Waals surface area (Å²) in [5.74, 6) is 2.74.